The molecular formula is C31H34FN3O3. The van der Waals surface area contributed by atoms with Gasteiger partial charge < -0.3 is 14.4 Å². The summed E-state index contributed by atoms with van der Waals surface area (Å²) in [7, 11) is 0. The number of rotatable bonds is 6. The Morgan fingerprint density at radius 1 is 0.974 bits per heavy atom. The summed E-state index contributed by atoms with van der Waals surface area (Å²) in [5, 5.41) is 0.977. The van der Waals surface area contributed by atoms with E-state index in [-0.39, 0.29) is 35.3 Å². The lowest BCUT2D eigenvalue weighted by molar-refractivity contribution is 0.0693. The summed E-state index contributed by atoms with van der Waals surface area (Å²) in [6, 6.07) is 12.1. The molecule has 3 aliphatic heterocycles. The van der Waals surface area contributed by atoms with Gasteiger partial charge in [-0.3, -0.25) is 14.4 Å². The SMILES string of the molecule is Cc1cc2c3c(c1)cc(C(=O)N1CCCC1CCN1CCC(C(=O)c4ccc(F)cc4)CC1)n3CCC2=O. The molecule has 4 heterocycles. The molecule has 3 aromatic rings. The van der Waals surface area contributed by atoms with Crippen molar-refractivity contribution in [3.63, 3.8) is 0 Å². The first kappa shape index (κ1) is 25.0. The van der Waals surface area contributed by atoms with E-state index in [1.807, 2.05) is 24.0 Å². The third kappa shape index (κ3) is 4.57. The molecule has 0 bridgehead atoms. The molecule has 2 saturated heterocycles. The van der Waals surface area contributed by atoms with Gasteiger partial charge in [0, 0.05) is 54.5 Å². The van der Waals surface area contributed by atoms with Gasteiger partial charge in [0.05, 0.1) is 5.52 Å². The highest BCUT2D eigenvalue weighted by atomic mass is 19.1. The third-order valence-corrected chi connectivity index (χ3v) is 8.72. The molecule has 6 rings (SSSR count). The van der Waals surface area contributed by atoms with Gasteiger partial charge in [0.15, 0.2) is 11.6 Å². The molecule has 198 valence electrons. The van der Waals surface area contributed by atoms with Gasteiger partial charge in [0.2, 0.25) is 0 Å². The van der Waals surface area contributed by atoms with Crippen molar-refractivity contribution >= 4 is 28.4 Å². The fourth-order valence-corrected chi connectivity index (χ4v) is 6.68. The Hall–Kier alpha value is -3.32. The summed E-state index contributed by atoms with van der Waals surface area (Å²) in [5.41, 5.74) is 3.98. The van der Waals surface area contributed by atoms with Crippen LogP contribution in [0.5, 0.6) is 0 Å². The van der Waals surface area contributed by atoms with Crippen molar-refractivity contribution in [2.24, 2.45) is 5.92 Å². The first-order valence-electron chi connectivity index (χ1n) is 13.9. The number of hydrogen-bond donors (Lipinski definition) is 0. The first-order chi connectivity index (χ1) is 18.4. The maximum atomic E-state index is 13.8. The number of halogens is 1. The maximum absolute atomic E-state index is 13.8. The highest BCUT2D eigenvalue weighted by molar-refractivity contribution is 6.11. The predicted octanol–water partition coefficient (Wildman–Crippen LogP) is 5.26. The van der Waals surface area contributed by atoms with Crippen molar-refractivity contribution < 1.29 is 18.8 Å². The average molecular weight is 516 g/mol. The molecule has 1 aromatic heterocycles. The number of aryl methyl sites for hydroxylation is 2. The molecule has 3 aliphatic rings. The van der Waals surface area contributed by atoms with Crippen LogP contribution in [0.25, 0.3) is 10.9 Å². The molecule has 0 radical (unpaired) electrons. The van der Waals surface area contributed by atoms with Crippen LogP contribution in [-0.2, 0) is 6.54 Å². The predicted molar refractivity (Wildman–Crippen MR) is 144 cm³/mol. The molecule has 1 atom stereocenters. The van der Waals surface area contributed by atoms with Crippen molar-refractivity contribution in [3.05, 3.63) is 70.7 Å². The quantitative estimate of drug-likeness (QED) is 0.420. The fourth-order valence-electron chi connectivity index (χ4n) is 6.68. The molecule has 1 unspecified atom stereocenters. The summed E-state index contributed by atoms with van der Waals surface area (Å²) in [6.45, 7) is 5.96. The molecule has 0 aliphatic carbocycles. The molecule has 0 spiro atoms. The molecule has 2 fully saturated rings. The van der Waals surface area contributed by atoms with Crippen molar-refractivity contribution in [1.82, 2.24) is 14.4 Å². The minimum atomic E-state index is -0.324. The molecule has 2 aromatic carbocycles. The zero-order valence-corrected chi connectivity index (χ0v) is 21.9. The zero-order valence-electron chi connectivity index (χ0n) is 21.9. The van der Waals surface area contributed by atoms with E-state index in [1.165, 1.54) is 12.1 Å². The highest BCUT2D eigenvalue weighted by Crippen LogP contribution is 2.32. The van der Waals surface area contributed by atoms with Crippen molar-refractivity contribution in [2.75, 3.05) is 26.2 Å². The number of carbonyl (C=O) groups excluding carboxylic acids is 3. The number of ketones is 2. The van der Waals surface area contributed by atoms with Crippen molar-refractivity contribution in [1.29, 1.82) is 0 Å². The number of hydrogen-bond acceptors (Lipinski definition) is 4. The summed E-state index contributed by atoms with van der Waals surface area (Å²) >= 11 is 0. The Morgan fingerprint density at radius 2 is 1.74 bits per heavy atom. The lowest BCUT2D eigenvalue weighted by atomic mass is 9.88. The number of amides is 1. The van der Waals surface area contributed by atoms with Gasteiger partial charge in [-0.05, 0) is 100 Å². The van der Waals surface area contributed by atoms with Crippen LogP contribution in [0.1, 0.15) is 75.3 Å². The van der Waals surface area contributed by atoms with Crippen LogP contribution in [0.15, 0.2) is 42.5 Å². The summed E-state index contributed by atoms with van der Waals surface area (Å²) < 4.78 is 15.3. The van der Waals surface area contributed by atoms with Gasteiger partial charge >= 0.3 is 0 Å². The maximum Gasteiger partial charge on any atom is 0.270 e. The van der Waals surface area contributed by atoms with E-state index in [2.05, 4.69) is 15.5 Å². The Balaban J connectivity index is 1.09. The molecular weight excluding hydrogens is 481 g/mol. The van der Waals surface area contributed by atoms with Crippen LogP contribution >= 0.6 is 0 Å². The smallest absolute Gasteiger partial charge is 0.270 e. The van der Waals surface area contributed by atoms with Crippen molar-refractivity contribution in [3.8, 4) is 0 Å². The lowest BCUT2D eigenvalue weighted by Gasteiger charge is -2.33. The molecule has 7 heteroatoms. The zero-order chi connectivity index (χ0) is 26.4. The number of nitrogens with zero attached hydrogens (tertiary/aromatic N) is 3. The van der Waals surface area contributed by atoms with Crippen LogP contribution in [0, 0.1) is 18.7 Å². The third-order valence-electron chi connectivity index (χ3n) is 8.72. The normalized spacial score (nSPS) is 20.4. The van der Waals surface area contributed by atoms with Crippen LogP contribution in [0.4, 0.5) is 4.39 Å². The van der Waals surface area contributed by atoms with E-state index in [0.717, 1.165) is 80.3 Å². The lowest BCUT2D eigenvalue weighted by Crippen LogP contribution is -2.41. The van der Waals surface area contributed by atoms with Crippen LogP contribution in [-0.4, -0.2) is 64.1 Å². The Kier molecular flexibility index (Phi) is 6.64. The number of likely N-dealkylation sites (tertiary alicyclic amines) is 2. The largest absolute Gasteiger partial charge is 0.335 e. The summed E-state index contributed by atoms with van der Waals surface area (Å²) in [4.78, 5) is 43.6. The number of Topliss-reactive ketones (excluding diaryl/α,β-unsaturated/α-hetero) is 2. The molecule has 38 heavy (non-hydrogen) atoms. The Morgan fingerprint density at radius 3 is 2.50 bits per heavy atom. The Labute approximate surface area is 222 Å². The average Bonchev–Trinajstić information content (AvgIpc) is 3.54. The van der Waals surface area contributed by atoms with E-state index in [1.54, 1.807) is 12.1 Å². The van der Waals surface area contributed by atoms with E-state index in [9.17, 15) is 18.8 Å². The molecule has 1 amide bonds. The Bertz CT molecular complexity index is 1400. The van der Waals surface area contributed by atoms with Crippen LogP contribution in [0.2, 0.25) is 0 Å². The van der Waals surface area contributed by atoms with Gasteiger partial charge in [0.1, 0.15) is 11.5 Å². The minimum absolute atomic E-state index is 0.0119. The second-order valence-corrected chi connectivity index (χ2v) is 11.2. The van der Waals surface area contributed by atoms with Gasteiger partial charge in [-0.15, -0.1) is 0 Å². The summed E-state index contributed by atoms with van der Waals surface area (Å²) in [5.74, 6) is 0.00848. The monoisotopic (exact) mass is 515 g/mol. The molecule has 0 N–H and O–H groups in total. The van der Waals surface area contributed by atoms with Gasteiger partial charge in [-0.25, -0.2) is 4.39 Å². The van der Waals surface area contributed by atoms with E-state index in [4.69, 9.17) is 0 Å². The van der Waals surface area contributed by atoms with E-state index >= 15 is 0 Å². The van der Waals surface area contributed by atoms with Crippen LogP contribution in [0.3, 0.4) is 0 Å². The molecule has 0 saturated carbocycles. The fraction of sp³-hybridized carbons (Fsp3) is 0.452. The standard InChI is InChI=1S/C31H34FN3O3/c1-20-17-23-19-27(35-16-11-28(36)26(18-20)29(23)35)31(38)34-12-2-3-25(34)10-15-33-13-8-22(9-14-33)30(37)21-4-6-24(32)7-5-21/h4-7,17-19,22,25H,2-3,8-16H2,1H3. The summed E-state index contributed by atoms with van der Waals surface area (Å²) in [6.07, 6.45) is 4.99. The topological polar surface area (TPSA) is 62.6 Å². The second-order valence-electron chi connectivity index (χ2n) is 11.2. The van der Waals surface area contributed by atoms with Gasteiger partial charge in [-0.2, -0.15) is 0 Å². The second kappa shape index (κ2) is 10.1. The van der Waals surface area contributed by atoms with Crippen molar-refractivity contribution in [2.45, 2.75) is 58.0 Å². The van der Waals surface area contributed by atoms with E-state index in [0.29, 0.717) is 24.2 Å². The number of aromatic nitrogens is 1. The minimum Gasteiger partial charge on any atom is -0.335 e. The van der Waals surface area contributed by atoms with Gasteiger partial charge in [-0.1, -0.05) is 0 Å². The number of benzene rings is 2. The highest BCUT2D eigenvalue weighted by Gasteiger charge is 2.34. The first-order valence-corrected chi connectivity index (χ1v) is 13.9. The molecule has 6 nitrogen and oxygen atoms in total. The van der Waals surface area contributed by atoms with Crippen LogP contribution < -0.4 is 0 Å². The van der Waals surface area contributed by atoms with E-state index < -0.39 is 0 Å². The number of piperidine rings is 1. The number of carbonyl (C=O) groups is 3. The van der Waals surface area contributed by atoms with Gasteiger partial charge in [0.25, 0.3) is 5.91 Å².